The van der Waals surface area contributed by atoms with Crippen molar-refractivity contribution in [2.75, 3.05) is 80.5 Å². The van der Waals surface area contributed by atoms with Gasteiger partial charge >= 0.3 is 0 Å². The average molecular weight is 591 g/mol. The Morgan fingerprint density at radius 3 is 1.05 bits per heavy atom. The summed E-state index contributed by atoms with van der Waals surface area (Å²) < 4.78 is 0. The number of guanidine groups is 4. The number of hydrogen-bond acceptors (Lipinski definition) is 2. The van der Waals surface area contributed by atoms with Gasteiger partial charge in [-0.05, 0) is 25.7 Å². The summed E-state index contributed by atoms with van der Waals surface area (Å²) in [6.45, 7) is 15.3. The lowest BCUT2D eigenvalue weighted by Crippen LogP contribution is -2.51. The summed E-state index contributed by atoms with van der Waals surface area (Å²) in [6.07, 6.45) is 14.2. The standard InChI is InChI=1S/C32H66N10/c1-9-13-17-19-23-39(7)31(37(5)21-15-11-3)35-29(33)41-25-27-42(28-26-41)30(34)36-32(38(6)22-16-12-4)40(8)24-20-18-14-10-2/h33-34H,9-28H2,1-8H3/b33-29?,34-30?,35-31+,36-32+. The molecule has 0 spiro atoms. The Hall–Kier alpha value is -2.52. The van der Waals surface area contributed by atoms with E-state index in [9.17, 15) is 0 Å². The van der Waals surface area contributed by atoms with Crippen LogP contribution in [0, 0.1) is 10.8 Å². The van der Waals surface area contributed by atoms with Gasteiger partial charge in [0.25, 0.3) is 0 Å². The largest absolute Gasteiger partial charge is 0.346 e. The lowest BCUT2D eigenvalue weighted by atomic mass is 10.2. The Balaban J connectivity index is 2.89. The lowest BCUT2D eigenvalue weighted by molar-refractivity contribution is 0.252. The van der Waals surface area contributed by atoms with E-state index in [-0.39, 0.29) is 0 Å². The Labute approximate surface area is 259 Å². The molecule has 1 aliphatic rings. The van der Waals surface area contributed by atoms with Crippen molar-refractivity contribution in [2.24, 2.45) is 9.98 Å². The fourth-order valence-corrected chi connectivity index (χ4v) is 5.13. The molecule has 0 bridgehead atoms. The minimum atomic E-state index is 0.315. The van der Waals surface area contributed by atoms with Crippen LogP contribution in [0.1, 0.15) is 105 Å². The van der Waals surface area contributed by atoms with Crippen molar-refractivity contribution in [2.45, 2.75) is 105 Å². The van der Waals surface area contributed by atoms with Gasteiger partial charge in [0.05, 0.1) is 0 Å². The van der Waals surface area contributed by atoms with Gasteiger partial charge < -0.3 is 29.4 Å². The second-order valence-corrected chi connectivity index (χ2v) is 12.0. The van der Waals surface area contributed by atoms with Gasteiger partial charge in [-0.2, -0.15) is 9.98 Å². The van der Waals surface area contributed by atoms with Gasteiger partial charge in [0, 0.05) is 80.5 Å². The van der Waals surface area contributed by atoms with Gasteiger partial charge in [0.2, 0.25) is 23.8 Å². The molecular formula is C32H66N10. The summed E-state index contributed by atoms with van der Waals surface area (Å²) in [6, 6.07) is 0. The number of aliphatic imine (C=N–C) groups is 2. The first-order valence-electron chi connectivity index (χ1n) is 16.9. The van der Waals surface area contributed by atoms with E-state index in [0.29, 0.717) is 38.1 Å². The summed E-state index contributed by atoms with van der Waals surface area (Å²) in [4.78, 5) is 22.6. The zero-order chi connectivity index (χ0) is 31.3. The fourth-order valence-electron chi connectivity index (χ4n) is 5.13. The minimum Gasteiger partial charge on any atom is -0.346 e. The van der Waals surface area contributed by atoms with Crippen LogP contribution in [0.3, 0.4) is 0 Å². The molecular weight excluding hydrogens is 524 g/mol. The van der Waals surface area contributed by atoms with E-state index in [1.807, 2.05) is 9.80 Å². The highest BCUT2D eigenvalue weighted by Gasteiger charge is 2.23. The van der Waals surface area contributed by atoms with Crippen LogP contribution in [-0.2, 0) is 0 Å². The molecule has 0 atom stereocenters. The first kappa shape index (κ1) is 37.5. The number of hydrogen-bond donors (Lipinski definition) is 2. The van der Waals surface area contributed by atoms with Gasteiger partial charge in [-0.3, -0.25) is 10.8 Å². The van der Waals surface area contributed by atoms with E-state index in [1.165, 1.54) is 38.5 Å². The fraction of sp³-hybridized carbons (Fsp3) is 0.875. The summed E-state index contributed by atoms with van der Waals surface area (Å²) >= 11 is 0. The van der Waals surface area contributed by atoms with Crippen LogP contribution < -0.4 is 0 Å². The summed E-state index contributed by atoms with van der Waals surface area (Å²) in [7, 11) is 8.40. The van der Waals surface area contributed by atoms with E-state index >= 15 is 0 Å². The van der Waals surface area contributed by atoms with Gasteiger partial charge in [0.15, 0.2) is 0 Å². The van der Waals surface area contributed by atoms with E-state index in [4.69, 9.17) is 20.8 Å². The maximum Gasteiger partial charge on any atom is 0.221 e. The lowest BCUT2D eigenvalue weighted by Gasteiger charge is -2.36. The number of rotatable bonds is 16. The van der Waals surface area contributed by atoms with Gasteiger partial charge in [-0.15, -0.1) is 0 Å². The quantitative estimate of drug-likeness (QED) is 0.137. The van der Waals surface area contributed by atoms with Crippen molar-refractivity contribution < 1.29 is 0 Å². The van der Waals surface area contributed by atoms with E-state index < -0.39 is 0 Å². The zero-order valence-corrected chi connectivity index (χ0v) is 28.7. The molecule has 0 saturated carbocycles. The van der Waals surface area contributed by atoms with Crippen molar-refractivity contribution in [1.29, 1.82) is 10.8 Å². The van der Waals surface area contributed by atoms with Crippen molar-refractivity contribution in [3.05, 3.63) is 0 Å². The zero-order valence-electron chi connectivity index (χ0n) is 28.7. The van der Waals surface area contributed by atoms with Crippen LogP contribution in [0.5, 0.6) is 0 Å². The first-order chi connectivity index (χ1) is 20.2. The molecule has 10 nitrogen and oxygen atoms in total. The SMILES string of the molecule is CCCCCCN(C)/C(=N/C(=N)N1CCN(C(=N)/N=C(\N(C)CCCC)N(C)CCCCCC)CC1)N(C)CCCC. The van der Waals surface area contributed by atoms with Crippen LogP contribution in [-0.4, -0.2) is 134 Å². The maximum absolute atomic E-state index is 8.85. The number of unbranched alkanes of at least 4 members (excludes halogenated alkanes) is 8. The first-order valence-corrected chi connectivity index (χ1v) is 16.9. The van der Waals surface area contributed by atoms with E-state index in [0.717, 1.165) is 76.6 Å². The Kier molecular flexibility index (Phi) is 19.7. The van der Waals surface area contributed by atoms with Crippen molar-refractivity contribution in [1.82, 2.24) is 29.4 Å². The third-order valence-electron chi connectivity index (χ3n) is 8.04. The smallest absolute Gasteiger partial charge is 0.221 e. The van der Waals surface area contributed by atoms with Gasteiger partial charge in [-0.25, -0.2) is 0 Å². The van der Waals surface area contributed by atoms with Crippen LogP contribution in [0.25, 0.3) is 0 Å². The molecule has 1 saturated heterocycles. The second kappa shape index (κ2) is 22.1. The van der Waals surface area contributed by atoms with Crippen LogP contribution in [0.15, 0.2) is 9.98 Å². The molecule has 1 aliphatic heterocycles. The van der Waals surface area contributed by atoms with Crippen LogP contribution >= 0.6 is 0 Å². The maximum atomic E-state index is 8.85. The Bertz CT molecular complexity index is 737. The molecule has 10 heteroatoms. The summed E-state index contributed by atoms with van der Waals surface area (Å²) in [5, 5.41) is 17.7. The molecule has 0 amide bonds. The predicted octanol–water partition coefficient (Wildman–Crippen LogP) is 5.67. The monoisotopic (exact) mass is 591 g/mol. The van der Waals surface area contributed by atoms with E-state index in [1.54, 1.807) is 0 Å². The molecule has 42 heavy (non-hydrogen) atoms. The Morgan fingerprint density at radius 2 is 0.762 bits per heavy atom. The number of nitrogens with one attached hydrogen (secondary N) is 2. The highest BCUT2D eigenvalue weighted by atomic mass is 15.4. The number of piperazine rings is 1. The third-order valence-corrected chi connectivity index (χ3v) is 8.04. The molecule has 0 aromatic rings. The van der Waals surface area contributed by atoms with E-state index in [2.05, 4.69) is 75.5 Å². The summed E-state index contributed by atoms with van der Waals surface area (Å²) in [5.74, 6) is 2.39. The molecule has 0 aromatic heterocycles. The molecule has 244 valence electrons. The molecule has 0 unspecified atom stereocenters. The van der Waals surface area contributed by atoms with Gasteiger partial charge in [-0.1, -0.05) is 79.1 Å². The normalized spacial score (nSPS) is 14.3. The molecule has 1 fully saturated rings. The highest BCUT2D eigenvalue weighted by Crippen LogP contribution is 2.10. The topological polar surface area (TPSA) is 91.9 Å². The minimum absolute atomic E-state index is 0.315. The second-order valence-electron chi connectivity index (χ2n) is 12.0. The van der Waals surface area contributed by atoms with Crippen LogP contribution in [0.4, 0.5) is 0 Å². The predicted molar refractivity (Wildman–Crippen MR) is 182 cm³/mol. The molecule has 0 aromatic carbocycles. The van der Waals surface area contributed by atoms with Gasteiger partial charge in [0.1, 0.15) is 0 Å². The van der Waals surface area contributed by atoms with Crippen molar-refractivity contribution in [3.63, 3.8) is 0 Å². The van der Waals surface area contributed by atoms with Crippen molar-refractivity contribution in [3.8, 4) is 0 Å². The average Bonchev–Trinajstić information content (AvgIpc) is 2.99. The van der Waals surface area contributed by atoms with Crippen molar-refractivity contribution >= 4 is 23.8 Å². The molecule has 1 rings (SSSR count). The Morgan fingerprint density at radius 1 is 0.476 bits per heavy atom. The molecule has 1 heterocycles. The summed E-state index contributed by atoms with van der Waals surface area (Å²) in [5.41, 5.74) is 0. The number of nitrogens with zero attached hydrogens (tertiary/aromatic N) is 8. The van der Waals surface area contributed by atoms with Crippen LogP contribution in [0.2, 0.25) is 0 Å². The highest BCUT2D eigenvalue weighted by molar-refractivity contribution is 5.94. The molecule has 0 aliphatic carbocycles. The third kappa shape index (κ3) is 14.1. The molecule has 2 N–H and O–H groups in total. The molecule has 0 radical (unpaired) electrons.